The van der Waals surface area contributed by atoms with Crippen molar-refractivity contribution in [1.82, 2.24) is 0 Å². The Bertz CT molecular complexity index is 311. The Labute approximate surface area is 103 Å². The van der Waals surface area contributed by atoms with E-state index in [2.05, 4.69) is 19.1 Å². The molecule has 1 N–H and O–H groups in total. The maximum absolute atomic E-state index is 11.9. The normalized spacial score (nSPS) is 40.8. The van der Waals surface area contributed by atoms with Crippen LogP contribution in [-0.2, 0) is 9.53 Å². The lowest BCUT2D eigenvalue weighted by atomic mass is 9.63. The van der Waals surface area contributed by atoms with Crippen molar-refractivity contribution in [2.45, 2.75) is 26.2 Å². The monoisotopic (exact) mass is 238 g/mol. The molecular formula is C14H22O3. The van der Waals surface area contributed by atoms with Crippen LogP contribution >= 0.6 is 0 Å². The van der Waals surface area contributed by atoms with Crippen molar-refractivity contribution in [2.24, 2.45) is 29.6 Å². The molecule has 96 valence electrons. The zero-order valence-corrected chi connectivity index (χ0v) is 10.6. The summed E-state index contributed by atoms with van der Waals surface area (Å²) >= 11 is 0. The van der Waals surface area contributed by atoms with Gasteiger partial charge >= 0.3 is 5.97 Å². The molecule has 1 saturated carbocycles. The summed E-state index contributed by atoms with van der Waals surface area (Å²) in [6, 6.07) is 0. The van der Waals surface area contributed by atoms with Crippen molar-refractivity contribution in [3.8, 4) is 0 Å². The molecule has 3 heteroatoms. The van der Waals surface area contributed by atoms with Crippen molar-refractivity contribution < 1.29 is 14.6 Å². The maximum Gasteiger partial charge on any atom is 0.309 e. The van der Waals surface area contributed by atoms with Gasteiger partial charge in [0.1, 0.15) is 0 Å². The summed E-state index contributed by atoms with van der Waals surface area (Å²) < 4.78 is 4.94. The van der Waals surface area contributed by atoms with Crippen LogP contribution in [0.3, 0.4) is 0 Å². The smallest absolute Gasteiger partial charge is 0.309 e. The number of aliphatic hydroxyl groups excluding tert-OH is 1. The molecule has 2 aliphatic rings. The molecule has 0 heterocycles. The number of hydrogen-bond donors (Lipinski definition) is 1. The summed E-state index contributed by atoms with van der Waals surface area (Å²) in [7, 11) is 1.47. The van der Waals surface area contributed by atoms with Crippen LogP contribution in [0.5, 0.6) is 0 Å². The number of hydrogen-bond acceptors (Lipinski definition) is 3. The van der Waals surface area contributed by atoms with Gasteiger partial charge in [0.2, 0.25) is 0 Å². The first-order valence-corrected chi connectivity index (χ1v) is 6.54. The predicted octanol–water partition coefficient (Wildman–Crippen LogP) is 2.01. The highest BCUT2D eigenvalue weighted by Gasteiger charge is 2.42. The Morgan fingerprint density at radius 2 is 2.18 bits per heavy atom. The van der Waals surface area contributed by atoms with Crippen molar-refractivity contribution in [3.63, 3.8) is 0 Å². The van der Waals surface area contributed by atoms with E-state index in [0.717, 1.165) is 19.3 Å². The number of methoxy groups -OCH3 is 1. The molecule has 0 amide bonds. The van der Waals surface area contributed by atoms with E-state index in [1.807, 2.05) is 0 Å². The fourth-order valence-corrected chi connectivity index (χ4v) is 3.51. The van der Waals surface area contributed by atoms with Gasteiger partial charge in [0.05, 0.1) is 13.0 Å². The molecule has 2 aliphatic carbocycles. The minimum Gasteiger partial charge on any atom is -0.469 e. The number of rotatable bonds is 2. The second-order valence-electron chi connectivity index (χ2n) is 5.48. The molecule has 2 rings (SSSR count). The van der Waals surface area contributed by atoms with Gasteiger partial charge in [-0.1, -0.05) is 19.1 Å². The predicted molar refractivity (Wildman–Crippen MR) is 65.2 cm³/mol. The van der Waals surface area contributed by atoms with Gasteiger partial charge < -0.3 is 9.84 Å². The Balaban J connectivity index is 2.15. The van der Waals surface area contributed by atoms with E-state index < -0.39 is 0 Å². The second kappa shape index (κ2) is 5.21. The lowest BCUT2D eigenvalue weighted by molar-refractivity contribution is -0.150. The molecule has 1 fully saturated rings. The summed E-state index contributed by atoms with van der Waals surface area (Å²) in [6.07, 6.45) is 7.47. The van der Waals surface area contributed by atoms with Crippen LogP contribution in [0.15, 0.2) is 12.2 Å². The zero-order valence-electron chi connectivity index (χ0n) is 10.6. The molecule has 5 atom stereocenters. The van der Waals surface area contributed by atoms with Crippen LogP contribution in [0.2, 0.25) is 0 Å². The van der Waals surface area contributed by atoms with Crippen molar-refractivity contribution in [2.75, 3.05) is 13.7 Å². The average molecular weight is 238 g/mol. The Morgan fingerprint density at radius 3 is 2.82 bits per heavy atom. The molecule has 0 bridgehead atoms. The maximum atomic E-state index is 11.9. The van der Waals surface area contributed by atoms with Crippen LogP contribution in [0.4, 0.5) is 0 Å². The summed E-state index contributed by atoms with van der Waals surface area (Å²) in [5, 5.41) is 9.24. The first kappa shape index (κ1) is 12.6. The molecule has 0 saturated heterocycles. The number of allylic oxidation sites excluding steroid dienone is 2. The minimum atomic E-state index is -0.0701. The highest BCUT2D eigenvalue weighted by molar-refractivity contribution is 5.73. The third-order valence-electron chi connectivity index (χ3n) is 4.48. The minimum absolute atomic E-state index is 0.00893. The number of ether oxygens (including phenoxy) is 1. The fourth-order valence-electron chi connectivity index (χ4n) is 3.51. The van der Waals surface area contributed by atoms with E-state index in [1.54, 1.807) is 0 Å². The Morgan fingerprint density at radius 1 is 1.41 bits per heavy atom. The molecule has 3 nitrogen and oxygen atoms in total. The summed E-state index contributed by atoms with van der Waals surface area (Å²) in [6.45, 7) is 2.36. The lowest BCUT2D eigenvalue weighted by Gasteiger charge is -2.42. The third kappa shape index (κ3) is 2.39. The first-order valence-electron chi connectivity index (χ1n) is 6.54. The molecular weight excluding hydrogens is 216 g/mol. The molecule has 0 aromatic carbocycles. The van der Waals surface area contributed by atoms with Gasteiger partial charge in [0, 0.05) is 6.61 Å². The Kier molecular flexibility index (Phi) is 3.87. The topological polar surface area (TPSA) is 46.5 Å². The quantitative estimate of drug-likeness (QED) is 0.591. The molecule has 0 aliphatic heterocycles. The van der Waals surface area contributed by atoms with E-state index in [9.17, 15) is 9.90 Å². The van der Waals surface area contributed by atoms with Gasteiger partial charge in [-0.2, -0.15) is 0 Å². The van der Waals surface area contributed by atoms with Gasteiger partial charge in [0.25, 0.3) is 0 Å². The second-order valence-corrected chi connectivity index (χ2v) is 5.48. The number of esters is 1. The van der Waals surface area contributed by atoms with Crippen molar-refractivity contribution in [1.29, 1.82) is 0 Å². The van der Waals surface area contributed by atoms with E-state index in [0.29, 0.717) is 17.8 Å². The lowest BCUT2D eigenvalue weighted by Crippen LogP contribution is -2.40. The number of fused-ring (bicyclic) bond motifs is 1. The zero-order chi connectivity index (χ0) is 12.4. The van der Waals surface area contributed by atoms with Crippen molar-refractivity contribution >= 4 is 5.97 Å². The molecule has 0 radical (unpaired) electrons. The largest absolute Gasteiger partial charge is 0.469 e. The van der Waals surface area contributed by atoms with E-state index in [-0.39, 0.29) is 24.4 Å². The van der Waals surface area contributed by atoms with Gasteiger partial charge in [-0.15, -0.1) is 0 Å². The van der Waals surface area contributed by atoms with Crippen LogP contribution in [-0.4, -0.2) is 24.8 Å². The SMILES string of the molecule is COC(=O)[C@H]1[C@@H]2CC[C@@H](CO)C[C@@H]2C=C[C@@H]1C. The molecule has 0 spiro atoms. The molecule has 17 heavy (non-hydrogen) atoms. The van der Waals surface area contributed by atoms with Gasteiger partial charge in [-0.25, -0.2) is 0 Å². The molecule has 0 aromatic heterocycles. The standard InChI is InChI=1S/C14H22O3/c1-9-3-5-11-7-10(8-15)4-6-12(11)13(9)14(16)17-2/h3,5,9-13,15H,4,6-8H2,1-2H3/t9-,10+,11-,12+,13+/m0/s1. The van der Waals surface area contributed by atoms with Crippen LogP contribution in [0.1, 0.15) is 26.2 Å². The fraction of sp³-hybridized carbons (Fsp3) is 0.786. The summed E-state index contributed by atoms with van der Waals surface area (Å²) in [4.78, 5) is 11.9. The van der Waals surface area contributed by atoms with Gasteiger partial charge in [0.15, 0.2) is 0 Å². The average Bonchev–Trinajstić information content (AvgIpc) is 2.37. The highest BCUT2D eigenvalue weighted by atomic mass is 16.5. The van der Waals surface area contributed by atoms with Crippen molar-refractivity contribution in [3.05, 3.63) is 12.2 Å². The van der Waals surface area contributed by atoms with E-state index in [1.165, 1.54) is 7.11 Å². The number of carbonyl (C=O) groups is 1. The van der Waals surface area contributed by atoms with Gasteiger partial charge in [-0.3, -0.25) is 4.79 Å². The number of aliphatic hydroxyl groups is 1. The van der Waals surface area contributed by atoms with Gasteiger partial charge in [-0.05, 0) is 42.9 Å². The summed E-state index contributed by atoms with van der Waals surface area (Å²) in [5.41, 5.74) is 0. The van der Waals surface area contributed by atoms with E-state index in [4.69, 9.17) is 4.74 Å². The van der Waals surface area contributed by atoms with Crippen LogP contribution < -0.4 is 0 Å². The summed E-state index contributed by atoms with van der Waals surface area (Å²) in [5.74, 6) is 1.47. The molecule has 0 aromatic rings. The Hall–Kier alpha value is -0.830. The van der Waals surface area contributed by atoms with Crippen LogP contribution in [0.25, 0.3) is 0 Å². The first-order chi connectivity index (χ1) is 8.17. The third-order valence-corrected chi connectivity index (χ3v) is 4.48. The molecule has 0 unspecified atom stereocenters. The number of carbonyl (C=O) groups excluding carboxylic acids is 1. The van der Waals surface area contributed by atoms with E-state index >= 15 is 0 Å². The van der Waals surface area contributed by atoms with Crippen LogP contribution in [0, 0.1) is 29.6 Å². The highest BCUT2D eigenvalue weighted by Crippen LogP contribution is 2.44.